The molecule has 0 amide bonds. The highest BCUT2D eigenvalue weighted by molar-refractivity contribution is 5.54. The lowest BCUT2D eigenvalue weighted by Gasteiger charge is -2.23. The van der Waals surface area contributed by atoms with Crippen LogP contribution in [0.1, 0.15) is 12.8 Å². The molecule has 0 spiro atoms. The number of ether oxygens (including phenoxy) is 1. The van der Waals surface area contributed by atoms with Crippen LogP contribution in [-0.2, 0) is 0 Å². The maximum atomic E-state index is 5.91. The molecule has 1 aliphatic rings. The van der Waals surface area contributed by atoms with E-state index in [1.54, 1.807) is 16.9 Å². The molecule has 1 N–H and O–H groups in total. The molecule has 2 aromatic heterocycles. The first-order valence-corrected chi connectivity index (χ1v) is 5.59. The zero-order valence-electron chi connectivity index (χ0n) is 8.97. The molecule has 16 heavy (non-hydrogen) atoms. The van der Waals surface area contributed by atoms with Crippen molar-refractivity contribution in [3.05, 3.63) is 24.7 Å². The Morgan fingerprint density at radius 2 is 2.19 bits per heavy atom. The molecule has 0 radical (unpaired) electrons. The van der Waals surface area contributed by atoms with E-state index in [-0.39, 0.29) is 6.10 Å². The van der Waals surface area contributed by atoms with Gasteiger partial charge >= 0.3 is 0 Å². The van der Waals surface area contributed by atoms with E-state index in [0.717, 1.165) is 31.4 Å². The van der Waals surface area contributed by atoms with Gasteiger partial charge < -0.3 is 10.1 Å². The normalized spacial score (nSPS) is 17.8. The summed E-state index contributed by atoms with van der Waals surface area (Å²) in [6.45, 7) is 2.04. The highest BCUT2D eigenvalue weighted by Crippen LogP contribution is 2.19. The molecule has 0 aromatic carbocycles. The molecule has 0 atom stereocenters. The smallest absolute Gasteiger partial charge is 0.240 e. The van der Waals surface area contributed by atoms with Crippen molar-refractivity contribution in [3.63, 3.8) is 0 Å². The van der Waals surface area contributed by atoms with Crippen molar-refractivity contribution < 1.29 is 4.74 Å². The average Bonchev–Trinajstić information content (AvgIpc) is 2.80. The summed E-state index contributed by atoms with van der Waals surface area (Å²) >= 11 is 0. The molecular weight excluding hydrogens is 204 g/mol. The lowest BCUT2D eigenvalue weighted by Crippen LogP contribution is -2.34. The van der Waals surface area contributed by atoms with Gasteiger partial charge in [0.2, 0.25) is 5.88 Å². The Hall–Kier alpha value is -1.62. The van der Waals surface area contributed by atoms with Crippen LogP contribution in [0.5, 0.6) is 5.88 Å². The summed E-state index contributed by atoms with van der Waals surface area (Å²) in [5.41, 5.74) is 0.932. The van der Waals surface area contributed by atoms with E-state index < -0.39 is 0 Å². The minimum Gasteiger partial charge on any atom is -0.473 e. The van der Waals surface area contributed by atoms with Gasteiger partial charge in [-0.05, 0) is 32.0 Å². The summed E-state index contributed by atoms with van der Waals surface area (Å²) in [5.74, 6) is 0.687. The van der Waals surface area contributed by atoms with Gasteiger partial charge in [0.15, 0.2) is 0 Å². The van der Waals surface area contributed by atoms with Crippen LogP contribution in [-0.4, -0.2) is 33.8 Å². The Bertz CT molecular complexity index is 476. The molecular formula is C11H14N4O. The fraction of sp³-hybridized carbons (Fsp3) is 0.455. The molecule has 0 aliphatic carbocycles. The second kappa shape index (κ2) is 4.09. The standard InChI is InChI=1S/C11H14N4O/c1-4-12-5-2-9(1)16-11-10-3-6-14-15(10)8-7-13-11/h3,6-9,12H,1-2,4-5H2. The first kappa shape index (κ1) is 9.59. The van der Waals surface area contributed by atoms with E-state index in [4.69, 9.17) is 4.74 Å². The number of piperidine rings is 1. The quantitative estimate of drug-likeness (QED) is 0.812. The van der Waals surface area contributed by atoms with Gasteiger partial charge in [0.25, 0.3) is 0 Å². The lowest BCUT2D eigenvalue weighted by atomic mass is 10.1. The van der Waals surface area contributed by atoms with Gasteiger partial charge in [-0.15, -0.1) is 0 Å². The Morgan fingerprint density at radius 3 is 3.06 bits per heavy atom. The van der Waals surface area contributed by atoms with Crippen molar-refractivity contribution in [3.8, 4) is 5.88 Å². The Balaban J connectivity index is 1.85. The summed E-state index contributed by atoms with van der Waals surface area (Å²) in [5, 5.41) is 7.47. The molecule has 0 bridgehead atoms. The summed E-state index contributed by atoms with van der Waals surface area (Å²) in [4.78, 5) is 4.27. The number of hydrogen-bond acceptors (Lipinski definition) is 4. The number of nitrogens with zero attached hydrogens (tertiary/aromatic N) is 3. The first-order chi connectivity index (χ1) is 7.93. The summed E-state index contributed by atoms with van der Waals surface area (Å²) in [7, 11) is 0. The fourth-order valence-corrected chi connectivity index (χ4v) is 1.99. The lowest BCUT2D eigenvalue weighted by molar-refractivity contribution is 0.157. The maximum Gasteiger partial charge on any atom is 0.240 e. The van der Waals surface area contributed by atoms with E-state index in [1.165, 1.54) is 0 Å². The molecule has 5 nitrogen and oxygen atoms in total. The highest BCUT2D eigenvalue weighted by Gasteiger charge is 2.16. The van der Waals surface area contributed by atoms with Gasteiger partial charge in [-0.1, -0.05) is 0 Å². The van der Waals surface area contributed by atoms with Gasteiger partial charge in [-0.25, -0.2) is 9.50 Å². The third-order valence-electron chi connectivity index (χ3n) is 2.85. The summed E-state index contributed by atoms with van der Waals surface area (Å²) in [6.07, 6.45) is 7.65. The average molecular weight is 218 g/mol. The largest absolute Gasteiger partial charge is 0.473 e. The molecule has 1 aliphatic heterocycles. The van der Waals surface area contributed by atoms with Crippen LogP contribution >= 0.6 is 0 Å². The Labute approximate surface area is 93.4 Å². The number of fused-ring (bicyclic) bond motifs is 1. The number of nitrogens with one attached hydrogen (secondary N) is 1. The molecule has 0 unspecified atom stereocenters. The van der Waals surface area contributed by atoms with Crippen LogP contribution in [0.4, 0.5) is 0 Å². The van der Waals surface area contributed by atoms with E-state index >= 15 is 0 Å². The number of rotatable bonds is 2. The van der Waals surface area contributed by atoms with Crippen LogP contribution in [0.2, 0.25) is 0 Å². The summed E-state index contributed by atoms with van der Waals surface area (Å²) < 4.78 is 7.70. The minimum absolute atomic E-state index is 0.273. The van der Waals surface area contributed by atoms with Crippen LogP contribution in [0.3, 0.4) is 0 Å². The second-order valence-corrected chi connectivity index (χ2v) is 3.96. The van der Waals surface area contributed by atoms with Gasteiger partial charge in [-0.3, -0.25) is 0 Å². The maximum absolute atomic E-state index is 5.91. The van der Waals surface area contributed by atoms with Gasteiger partial charge in [0, 0.05) is 12.4 Å². The van der Waals surface area contributed by atoms with Crippen molar-refractivity contribution in [2.75, 3.05) is 13.1 Å². The van der Waals surface area contributed by atoms with Crippen molar-refractivity contribution in [1.29, 1.82) is 0 Å². The van der Waals surface area contributed by atoms with Gasteiger partial charge in [0.05, 0.1) is 6.20 Å². The predicted octanol–water partition coefficient (Wildman–Crippen LogP) is 0.860. The molecule has 2 aromatic rings. The molecule has 1 saturated heterocycles. The zero-order chi connectivity index (χ0) is 10.8. The first-order valence-electron chi connectivity index (χ1n) is 5.59. The van der Waals surface area contributed by atoms with Crippen molar-refractivity contribution in [2.45, 2.75) is 18.9 Å². The molecule has 3 heterocycles. The SMILES string of the molecule is c1cn2nccc2c(OC2CCNCC2)n1. The van der Waals surface area contributed by atoms with E-state index in [2.05, 4.69) is 15.4 Å². The predicted molar refractivity (Wildman–Crippen MR) is 59.5 cm³/mol. The zero-order valence-corrected chi connectivity index (χ0v) is 8.97. The molecule has 0 saturated carbocycles. The fourth-order valence-electron chi connectivity index (χ4n) is 1.99. The highest BCUT2D eigenvalue weighted by atomic mass is 16.5. The van der Waals surface area contributed by atoms with E-state index in [9.17, 15) is 0 Å². The van der Waals surface area contributed by atoms with Crippen LogP contribution in [0.25, 0.3) is 5.52 Å². The van der Waals surface area contributed by atoms with Crippen molar-refractivity contribution >= 4 is 5.52 Å². The monoisotopic (exact) mass is 218 g/mol. The third kappa shape index (κ3) is 1.74. The number of hydrogen-bond donors (Lipinski definition) is 1. The summed E-state index contributed by atoms with van der Waals surface area (Å²) in [6, 6.07) is 1.92. The van der Waals surface area contributed by atoms with Crippen LogP contribution in [0, 0.1) is 0 Å². The molecule has 1 fully saturated rings. The van der Waals surface area contributed by atoms with Crippen molar-refractivity contribution in [2.24, 2.45) is 0 Å². The van der Waals surface area contributed by atoms with Crippen LogP contribution in [0.15, 0.2) is 24.7 Å². The van der Waals surface area contributed by atoms with Crippen LogP contribution < -0.4 is 10.1 Å². The third-order valence-corrected chi connectivity index (χ3v) is 2.85. The van der Waals surface area contributed by atoms with E-state index in [0.29, 0.717) is 5.88 Å². The molecule has 3 rings (SSSR count). The van der Waals surface area contributed by atoms with Gasteiger partial charge in [0.1, 0.15) is 11.6 Å². The van der Waals surface area contributed by atoms with Crippen molar-refractivity contribution in [1.82, 2.24) is 19.9 Å². The topological polar surface area (TPSA) is 51.5 Å². The van der Waals surface area contributed by atoms with E-state index in [1.807, 2.05) is 12.3 Å². The minimum atomic E-state index is 0.273. The Morgan fingerprint density at radius 1 is 1.31 bits per heavy atom. The molecule has 5 heteroatoms. The van der Waals surface area contributed by atoms with Gasteiger partial charge in [-0.2, -0.15) is 5.10 Å². The molecule has 84 valence electrons. The Kier molecular flexibility index (Phi) is 2.46. The number of aromatic nitrogens is 3. The second-order valence-electron chi connectivity index (χ2n) is 3.96.